The average molecular weight is 272 g/mol. The van der Waals surface area contributed by atoms with Crippen LogP contribution in [0.15, 0.2) is 10.7 Å². The molecule has 1 rings (SSSR count). The lowest BCUT2D eigenvalue weighted by Crippen LogP contribution is -2.41. The number of thioether (sulfide) groups is 1. The first-order chi connectivity index (χ1) is 8.52. The van der Waals surface area contributed by atoms with E-state index >= 15 is 0 Å². The average Bonchev–Trinajstić information content (AvgIpc) is 2.69. The summed E-state index contributed by atoms with van der Waals surface area (Å²) < 4.78 is 4.97. The predicted octanol–water partition coefficient (Wildman–Crippen LogP) is 0.848. The van der Waals surface area contributed by atoms with Gasteiger partial charge in [0.05, 0.1) is 12.1 Å². The fraction of sp³-hybridized carbons (Fsp3) is 0.545. The van der Waals surface area contributed by atoms with Gasteiger partial charge in [-0.2, -0.15) is 11.8 Å². The number of rotatable bonds is 7. The maximum Gasteiger partial charge on any atom is 0.326 e. The topological polar surface area (TPSA) is 92.4 Å². The van der Waals surface area contributed by atoms with E-state index in [0.717, 1.165) is 0 Å². The second-order valence-corrected chi connectivity index (χ2v) is 4.76. The molecule has 1 amide bonds. The minimum absolute atomic E-state index is 0.0282. The van der Waals surface area contributed by atoms with Gasteiger partial charge in [0.15, 0.2) is 5.89 Å². The number of nitrogens with zero attached hydrogens (tertiary/aromatic N) is 1. The zero-order chi connectivity index (χ0) is 13.5. The van der Waals surface area contributed by atoms with E-state index in [0.29, 0.717) is 23.8 Å². The molecule has 2 N–H and O–H groups in total. The van der Waals surface area contributed by atoms with Gasteiger partial charge in [-0.05, 0) is 18.4 Å². The van der Waals surface area contributed by atoms with Gasteiger partial charge in [0.2, 0.25) is 5.91 Å². The van der Waals surface area contributed by atoms with Crippen LogP contribution in [0.4, 0.5) is 0 Å². The molecule has 0 fully saturated rings. The van der Waals surface area contributed by atoms with E-state index in [-0.39, 0.29) is 12.3 Å². The maximum atomic E-state index is 11.6. The molecule has 0 bridgehead atoms. The van der Waals surface area contributed by atoms with Crippen LogP contribution in [0.25, 0.3) is 0 Å². The third-order valence-electron chi connectivity index (χ3n) is 2.25. The van der Waals surface area contributed by atoms with E-state index in [2.05, 4.69) is 10.3 Å². The summed E-state index contributed by atoms with van der Waals surface area (Å²) in [6.07, 6.45) is 3.71. The number of carbonyl (C=O) groups is 2. The Balaban J connectivity index is 2.48. The van der Waals surface area contributed by atoms with Gasteiger partial charge in [0.1, 0.15) is 12.3 Å². The monoisotopic (exact) mass is 272 g/mol. The van der Waals surface area contributed by atoms with Gasteiger partial charge in [0, 0.05) is 6.92 Å². The highest BCUT2D eigenvalue weighted by molar-refractivity contribution is 7.98. The van der Waals surface area contributed by atoms with Crippen LogP contribution >= 0.6 is 11.8 Å². The molecule has 0 aliphatic carbocycles. The van der Waals surface area contributed by atoms with Crippen molar-refractivity contribution in [1.82, 2.24) is 10.3 Å². The van der Waals surface area contributed by atoms with Gasteiger partial charge < -0.3 is 14.8 Å². The smallest absolute Gasteiger partial charge is 0.326 e. The first kappa shape index (κ1) is 14.6. The van der Waals surface area contributed by atoms with Crippen LogP contribution in [0.5, 0.6) is 0 Å². The Hall–Kier alpha value is -1.50. The molecule has 1 aromatic heterocycles. The molecule has 0 aliphatic rings. The van der Waals surface area contributed by atoms with Crippen molar-refractivity contribution in [2.75, 3.05) is 12.0 Å². The third-order valence-corrected chi connectivity index (χ3v) is 2.90. The van der Waals surface area contributed by atoms with Crippen molar-refractivity contribution < 1.29 is 19.1 Å². The van der Waals surface area contributed by atoms with Crippen LogP contribution in [0, 0.1) is 6.92 Å². The fourth-order valence-corrected chi connectivity index (χ4v) is 1.86. The van der Waals surface area contributed by atoms with Gasteiger partial charge >= 0.3 is 5.97 Å². The number of hydrogen-bond acceptors (Lipinski definition) is 5. The van der Waals surface area contributed by atoms with Crippen molar-refractivity contribution in [3.8, 4) is 0 Å². The van der Waals surface area contributed by atoms with Crippen molar-refractivity contribution in [3.05, 3.63) is 17.8 Å². The zero-order valence-corrected chi connectivity index (χ0v) is 11.1. The summed E-state index contributed by atoms with van der Waals surface area (Å²) in [6, 6.07) is -0.849. The molecule has 18 heavy (non-hydrogen) atoms. The minimum Gasteiger partial charge on any atom is -0.480 e. The van der Waals surface area contributed by atoms with Crippen LogP contribution in [0.3, 0.4) is 0 Å². The molecule has 100 valence electrons. The summed E-state index contributed by atoms with van der Waals surface area (Å²) in [5, 5.41) is 11.4. The Kier molecular flexibility index (Phi) is 5.70. The summed E-state index contributed by atoms with van der Waals surface area (Å²) in [5.74, 6) is -0.221. The lowest BCUT2D eigenvalue weighted by molar-refractivity contribution is -0.141. The standard InChI is InChI=1S/C11H16N2O4S/c1-7-12-8(6-17-7)5-10(14)13-9(11(15)16)3-4-18-2/h6,9H,3-5H2,1-2H3,(H,13,14)(H,15,16)/t9-/m0/s1. The Morgan fingerprint density at radius 2 is 2.33 bits per heavy atom. The Labute approximate surface area is 109 Å². The van der Waals surface area contributed by atoms with Gasteiger partial charge in [-0.3, -0.25) is 4.79 Å². The molecular formula is C11H16N2O4S. The van der Waals surface area contributed by atoms with Crippen molar-refractivity contribution >= 4 is 23.6 Å². The Morgan fingerprint density at radius 1 is 1.61 bits per heavy atom. The normalized spacial score (nSPS) is 12.1. The predicted molar refractivity (Wildman–Crippen MR) is 67.5 cm³/mol. The van der Waals surface area contributed by atoms with E-state index in [1.165, 1.54) is 18.0 Å². The molecule has 1 atom stereocenters. The summed E-state index contributed by atoms with van der Waals surface area (Å²) in [4.78, 5) is 26.6. The van der Waals surface area contributed by atoms with Crippen molar-refractivity contribution in [2.45, 2.75) is 25.8 Å². The highest BCUT2D eigenvalue weighted by Gasteiger charge is 2.19. The molecule has 0 unspecified atom stereocenters. The number of amides is 1. The molecular weight excluding hydrogens is 256 g/mol. The first-order valence-corrected chi connectivity index (χ1v) is 6.84. The van der Waals surface area contributed by atoms with Crippen molar-refractivity contribution in [2.24, 2.45) is 0 Å². The van der Waals surface area contributed by atoms with Gasteiger partial charge in [-0.1, -0.05) is 0 Å². The van der Waals surface area contributed by atoms with Crippen molar-refractivity contribution in [3.63, 3.8) is 0 Å². The van der Waals surface area contributed by atoms with E-state index < -0.39 is 12.0 Å². The Morgan fingerprint density at radius 3 is 2.83 bits per heavy atom. The van der Waals surface area contributed by atoms with E-state index in [1.807, 2.05) is 6.26 Å². The molecule has 1 aromatic rings. The lowest BCUT2D eigenvalue weighted by atomic mass is 10.2. The number of hydrogen-bond donors (Lipinski definition) is 2. The van der Waals surface area contributed by atoms with E-state index in [4.69, 9.17) is 9.52 Å². The maximum absolute atomic E-state index is 11.6. The van der Waals surface area contributed by atoms with Gasteiger partial charge in [0.25, 0.3) is 0 Å². The molecule has 6 nitrogen and oxygen atoms in total. The second kappa shape index (κ2) is 7.05. The molecule has 0 spiro atoms. The highest BCUT2D eigenvalue weighted by atomic mass is 32.2. The first-order valence-electron chi connectivity index (χ1n) is 5.45. The fourth-order valence-electron chi connectivity index (χ4n) is 1.39. The number of aryl methyl sites for hydroxylation is 1. The number of nitrogens with one attached hydrogen (secondary N) is 1. The zero-order valence-electron chi connectivity index (χ0n) is 10.3. The number of aromatic nitrogens is 1. The van der Waals surface area contributed by atoms with Crippen molar-refractivity contribution in [1.29, 1.82) is 0 Å². The van der Waals surface area contributed by atoms with Gasteiger partial charge in [-0.25, -0.2) is 9.78 Å². The number of carbonyl (C=O) groups excluding carboxylic acids is 1. The van der Waals surface area contributed by atoms with Crippen LogP contribution in [0.2, 0.25) is 0 Å². The molecule has 0 saturated carbocycles. The molecule has 7 heteroatoms. The summed E-state index contributed by atoms with van der Waals surface area (Å²) in [6.45, 7) is 1.68. The van der Waals surface area contributed by atoms with E-state index in [1.54, 1.807) is 6.92 Å². The summed E-state index contributed by atoms with van der Waals surface area (Å²) >= 11 is 1.54. The number of carboxylic acid groups (broad SMARTS) is 1. The largest absolute Gasteiger partial charge is 0.480 e. The van der Waals surface area contributed by atoms with E-state index in [9.17, 15) is 9.59 Å². The quantitative estimate of drug-likeness (QED) is 0.764. The van der Waals surface area contributed by atoms with Crippen LogP contribution < -0.4 is 5.32 Å². The van der Waals surface area contributed by atoms with Gasteiger partial charge in [-0.15, -0.1) is 0 Å². The number of carboxylic acids is 1. The summed E-state index contributed by atoms with van der Waals surface area (Å²) in [5.41, 5.74) is 0.499. The lowest BCUT2D eigenvalue weighted by Gasteiger charge is -2.13. The minimum atomic E-state index is -1.02. The SMILES string of the molecule is CSCC[C@H](NC(=O)Cc1coc(C)n1)C(=O)O. The Bertz CT molecular complexity index is 419. The van der Waals surface area contributed by atoms with Crippen LogP contribution in [-0.2, 0) is 16.0 Å². The van der Waals surface area contributed by atoms with Crippen LogP contribution in [0.1, 0.15) is 18.0 Å². The molecule has 1 heterocycles. The molecule has 0 saturated heterocycles. The highest BCUT2D eigenvalue weighted by Crippen LogP contribution is 2.04. The number of oxazole rings is 1. The van der Waals surface area contributed by atoms with Crippen LogP contribution in [-0.4, -0.2) is 40.0 Å². The third kappa shape index (κ3) is 4.79. The summed E-state index contributed by atoms with van der Waals surface area (Å²) in [7, 11) is 0. The molecule has 0 aromatic carbocycles. The second-order valence-electron chi connectivity index (χ2n) is 3.77. The molecule has 0 radical (unpaired) electrons. The molecule has 0 aliphatic heterocycles. The number of aliphatic carboxylic acids is 1.